The third kappa shape index (κ3) is 2.18. The van der Waals surface area contributed by atoms with Crippen LogP contribution in [0.4, 0.5) is 0 Å². The maximum absolute atomic E-state index is 11.4. The molecule has 0 fully saturated rings. The highest BCUT2D eigenvalue weighted by molar-refractivity contribution is 9.10. The highest BCUT2D eigenvalue weighted by atomic mass is 79.9. The molecule has 0 bridgehead atoms. The van der Waals surface area contributed by atoms with Crippen molar-refractivity contribution < 1.29 is 19.4 Å². The molecule has 1 N–H and O–H groups in total. The third-order valence-electron chi connectivity index (χ3n) is 1.93. The first-order chi connectivity index (χ1) is 6.99. The van der Waals surface area contributed by atoms with E-state index in [1.165, 1.54) is 7.11 Å². The van der Waals surface area contributed by atoms with Gasteiger partial charge < -0.3 is 9.84 Å². The second-order valence-electron chi connectivity index (χ2n) is 2.91. The molecule has 0 saturated heterocycles. The van der Waals surface area contributed by atoms with Crippen LogP contribution in [0.2, 0.25) is 0 Å². The lowest BCUT2D eigenvalue weighted by atomic mass is 10.1. The Kier molecular flexibility index (Phi) is 3.47. The topological polar surface area (TPSA) is 63.6 Å². The number of carbonyl (C=O) groups is 2. The number of hydrogen-bond donors (Lipinski definition) is 1. The Morgan fingerprint density at radius 2 is 2.00 bits per heavy atom. The highest BCUT2D eigenvalue weighted by Crippen LogP contribution is 2.30. The lowest BCUT2D eigenvalue weighted by molar-refractivity contribution is -0.131. The minimum Gasteiger partial charge on any atom is -0.496 e. The standard InChI is InChI=1S/C10H9BrO4/c1-5-3-4-6(11)7(9(5)15-2)8(12)10(13)14/h3-4H,1-2H3,(H,13,14). The SMILES string of the molecule is COc1c(C)ccc(Br)c1C(=O)C(=O)O. The number of benzene rings is 1. The van der Waals surface area contributed by atoms with E-state index in [1.807, 2.05) is 0 Å². The van der Waals surface area contributed by atoms with E-state index in [9.17, 15) is 9.59 Å². The van der Waals surface area contributed by atoms with E-state index < -0.39 is 11.8 Å². The summed E-state index contributed by atoms with van der Waals surface area (Å²) in [6.07, 6.45) is 0. The van der Waals surface area contributed by atoms with Gasteiger partial charge >= 0.3 is 5.97 Å². The number of methoxy groups -OCH3 is 1. The Balaban J connectivity index is 3.44. The molecule has 0 aliphatic heterocycles. The average Bonchev–Trinajstić information content (AvgIpc) is 2.19. The second kappa shape index (κ2) is 4.44. The Labute approximate surface area is 95.0 Å². The van der Waals surface area contributed by atoms with Crippen molar-refractivity contribution in [2.24, 2.45) is 0 Å². The number of ketones is 1. The van der Waals surface area contributed by atoms with E-state index in [-0.39, 0.29) is 11.3 Å². The molecule has 15 heavy (non-hydrogen) atoms. The molecule has 1 aromatic rings. The van der Waals surface area contributed by atoms with Gasteiger partial charge in [-0.25, -0.2) is 4.79 Å². The molecule has 1 rings (SSSR count). The number of aliphatic carboxylic acids is 1. The number of aryl methyl sites for hydroxylation is 1. The Morgan fingerprint density at radius 1 is 1.40 bits per heavy atom. The van der Waals surface area contributed by atoms with Crippen LogP contribution in [0.15, 0.2) is 16.6 Å². The summed E-state index contributed by atoms with van der Waals surface area (Å²) in [5, 5.41) is 8.64. The lowest BCUT2D eigenvalue weighted by Gasteiger charge is -2.10. The van der Waals surface area contributed by atoms with Crippen molar-refractivity contribution in [2.45, 2.75) is 6.92 Å². The first-order valence-corrected chi connectivity index (χ1v) is 4.89. The van der Waals surface area contributed by atoms with Crippen LogP contribution in [-0.2, 0) is 4.79 Å². The molecule has 5 heteroatoms. The Bertz CT molecular complexity index is 426. The monoisotopic (exact) mass is 272 g/mol. The fourth-order valence-electron chi connectivity index (χ4n) is 1.24. The second-order valence-corrected chi connectivity index (χ2v) is 3.76. The first kappa shape index (κ1) is 11.7. The molecule has 0 aliphatic rings. The summed E-state index contributed by atoms with van der Waals surface area (Å²) in [5.74, 6) is -2.20. The molecule has 0 saturated carbocycles. The lowest BCUT2D eigenvalue weighted by Crippen LogP contribution is -2.15. The number of ether oxygens (including phenoxy) is 1. The zero-order valence-electron chi connectivity index (χ0n) is 8.20. The quantitative estimate of drug-likeness (QED) is 0.676. The Hall–Kier alpha value is -1.36. The van der Waals surface area contributed by atoms with E-state index >= 15 is 0 Å². The molecular weight excluding hydrogens is 264 g/mol. The fourth-order valence-corrected chi connectivity index (χ4v) is 1.74. The van der Waals surface area contributed by atoms with Crippen LogP contribution in [0.1, 0.15) is 15.9 Å². The van der Waals surface area contributed by atoms with Gasteiger partial charge in [-0.15, -0.1) is 0 Å². The van der Waals surface area contributed by atoms with Crippen molar-refractivity contribution in [3.8, 4) is 5.75 Å². The predicted octanol–water partition coefficient (Wildman–Crippen LogP) is 2.03. The Morgan fingerprint density at radius 3 is 2.47 bits per heavy atom. The molecule has 0 unspecified atom stereocenters. The van der Waals surface area contributed by atoms with Crippen LogP contribution in [0, 0.1) is 6.92 Å². The third-order valence-corrected chi connectivity index (χ3v) is 2.59. The summed E-state index contributed by atoms with van der Waals surface area (Å²) in [6, 6.07) is 3.36. The van der Waals surface area contributed by atoms with E-state index in [4.69, 9.17) is 9.84 Å². The highest BCUT2D eigenvalue weighted by Gasteiger charge is 2.23. The van der Waals surface area contributed by atoms with Crippen LogP contribution in [0.25, 0.3) is 0 Å². The van der Waals surface area contributed by atoms with E-state index in [0.717, 1.165) is 0 Å². The van der Waals surface area contributed by atoms with Gasteiger partial charge in [0.25, 0.3) is 5.78 Å². The molecule has 80 valence electrons. The number of hydrogen-bond acceptors (Lipinski definition) is 3. The van der Waals surface area contributed by atoms with Crippen molar-refractivity contribution >= 4 is 27.7 Å². The van der Waals surface area contributed by atoms with Gasteiger partial charge in [-0.2, -0.15) is 0 Å². The van der Waals surface area contributed by atoms with Crippen molar-refractivity contribution in [3.63, 3.8) is 0 Å². The number of carboxylic acids is 1. The van der Waals surface area contributed by atoms with Gasteiger partial charge in [-0.1, -0.05) is 6.07 Å². The number of Topliss-reactive ketones (excluding diaryl/α,β-unsaturated/α-hetero) is 1. The van der Waals surface area contributed by atoms with Crippen LogP contribution < -0.4 is 4.74 Å². The maximum Gasteiger partial charge on any atom is 0.377 e. The molecule has 1 aromatic carbocycles. The summed E-state index contributed by atoms with van der Waals surface area (Å²) in [6.45, 7) is 1.74. The van der Waals surface area contributed by atoms with Crippen molar-refractivity contribution in [3.05, 3.63) is 27.7 Å². The van der Waals surface area contributed by atoms with E-state index in [2.05, 4.69) is 15.9 Å². The molecule has 0 radical (unpaired) electrons. The molecule has 0 aliphatic carbocycles. The number of rotatable bonds is 3. The van der Waals surface area contributed by atoms with Crippen LogP contribution in [0.3, 0.4) is 0 Å². The van der Waals surface area contributed by atoms with Crippen molar-refractivity contribution in [1.29, 1.82) is 0 Å². The van der Waals surface area contributed by atoms with E-state index in [0.29, 0.717) is 10.0 Å². The molecule has 0 heterocycles. The number of halogens is 1. The van der Waals surface area contributed by atoms with Gasteiger partial charge in [0.2, 0.25) is 0 Å². The van der Waals surface area contributed by atoms with Crippen LogP contribution in [0.5, 0.6) is 5.75 Å². The van der Waals surface area contributed by atoms with Gasteiger partial charge in [0.1, 0.15) is 5.75 Å². The van der Waals surface area contributed by atoms with Crippen LogP contribution in [-0.4, -0.2) is 24.0 Å². The fraction of sp³-hybridized carbons (Fsp3) is 0.200. The normalized spacial score (nSPS) is 9.80. The smallest absolute Gasteiger partial charge is 0.377 e. The van der Waals surface area contributed by atoms with Gasteiger partial charge in [-0.05, 0) is 34.5 Å². The summed E-state index contributed by atoms with van der Waals surface area (Å²) >= 11 is 3.13. The van der Waals surface area contributed by atoms with Crippen LogP contribution >= 0.6 is 15.9 Å². The van der Waals surface area contributed by atoms with Crippen molar-refractivity contribution in [2.75, 3.05) is 7.11 Å². The summed E-state index contributed by atoms with van der Waals surface area (Å²) in [5.41, 5.74) is 0.760. The van der Waals surface area contributed by atoms with Crippen molar-refractivity contribution in [1.82, 2.24) is 0 Å². The largest absolute Gasteiger partial charge is 0.496 e. The minimum atomic E-state index is -1.50. The molecule has 0 spiro atoms. The molecule has 0 aromatic heterocycles. The predicted molar refractivity (Wildman–Crippen MR) is 57.4 cm³/mol. The number of carbonyl (C=O) groups excluding carboxylic acids is 1. The maximum atomic E-state index is 11.4. The zero-order chi connectivity index (χ0) is 11.6. The molecule has 0 atom stereocenters. The summed E-state index contributed by atoms with van der Waals surface area (Å²) < 4.78 is 5.43. The summed E-state index contributed by atoms with van der Waals surface area (Å²) in [4.78, 5) is 22.0. The molecule has 0 amide bonds. The van der Waals surface area contributed by atoms with E-state index in [1.54, 1.807) is 19.1 Å². The summed E-state index contributed by atoms with van der Waals surface area (Å²) in [7, 11) is 1.40. The van der Waals surface area contributed by atoms with Gasteiger partial charge in [-0.3, -0.25) is 4.79 Å². The van der Waals surface area contributed by atoms with Gasteiger partial charge in [0, 0.05) is 4.47 Å². The first-order valence-electron chi connectivity index (χ1n) is 4.09. The molecule has 4 nitrogen and oxygen atoms in total. The number of carboxylic acid groups (broad SMARTS) is 1. The minimum absolute atomic E-state index is 0.0463. The molecular formula is C10H9BrO4. The van der Waals surface area contributed by atoms with Gasteiger partial charge in [0.05, 0.1) is 12.7 Å². The average molecular weight is 273 g/mol. The zero-order valence-corrected chi connectivity index (χ0v) is 9.79. The van der Waals surface area contributed by atoms with Gasteiger partial charge in [0.15, 0.2) is 0 Å².